The number of carboxylic acids is 1. The molecule has 0 radical (unpaired) electrons. The smallest absolute Gasteiger partial charge is 0.316 e. The molecule has 9 heteroatoms. The van der Waals surface area contributed by atoms with E-state index in [2.05, 4.69) is 0 Å². The van der Waals surface area contributed by atoms with Gasteiger partial charge in [-0.25, -0.2) is 0 Å². The minimum atomic E-state index is -2.06. The summed E-state index contributed by atoms with van der Waals surface area (Å²) in [6, 6.07) is 2.68. The van der Waals surface area contributed by atoms with Crippen molar-refractivity contribution in [3.05, 3.63) is 27.7 Å². The monoisotopic (exact) mass is 353 g/mol. The third-order valence-corrected chi connectivity index (χ3v) is 4.59. The molecule has 0 aliphatic heterocycles. The lowest BCUT2D eigenvalue weighted by Crippen LogP contribution is -2.28. The van der Waals surface area contributed by atoms with Crippen LogP contribution in [-0.2, 0) is 20.4 Å². The van der Waals surface area contributed by atoms with Gasteiger partial charge >= 0.3 is 5.97 Å². The normalized spacial score (nSPS) is 13.5. The Morgan fingerprint density at radius 1 is 1.38 bits per heavy atom. The van der Waals surface area contributed by atoms with Crippen LogP contribution in [-0.4, -0.2) is 33.6 Å². The molecule has 0 bridgehead atoms. The van der Waals surface area contributed by atoms with Crippen molar-refractivity contribution in [1.29, 1.82) is 0 Å². The molecule has 0 aliphatic rings. The summed E-state index contributed by atoms with van der Waals surface area (Å²) in [5.74, 6) is -2.73. The van der Waals surface area contributed by atoms with Crippen LogP contribution in [0.15, 0.2) is 12.1 Å². The molecule has 1 rings (SSSR count). The van der Waals surface area contributed by atoms with E-state index in [1.54, 1.807) is 6.92 Å². The molecule has 0 aromatic heterocycles. The number of ether oxygens (including phenoxy) is 1. The van der Waals surface area contributed by atoms with Crippen LogP contribution in [0.3, 0.4) is 0 Å². The summed E-state index contributed by atoms with van der Waals surface area (Å²) >= 11 is 11.9. The first-order valence-corrected chi connectivity index (χ1v) is 7.91. The van der Waals surface area contributed by atoms with Gasteiger partial charge in [-0.15, -0.1) is 0 Å². The third-order valence-electron chi connectivity index (χ3n) is 2.42. The molecule has 1 amide bonds. The molecule has 1 aromatic rings. The van der Waals surface area contributed by atoms with Crippen molar-refractivity contribution in [2.45, 2.75) is 12.2 Å². The maximum Gasteiger partial charge on any atom is 0.316 e. The van der Waals surface area contributed by atoms with Gasteiger partial charge in [0, 0.05) is 15.8 Å². The van der Waals surface area contributed by atoms with Crippen molar-refractivity contribution < 1.29 is 23.6 Å². The van der Waals surface area contributed by atoms with E-state index in [0.717, 1.165) is 0 Å². The first-order chi connectivity index (χ1) is 9.77. The van der Waals surface area contributed by atoms with Crippen molar-refractivity contribution in [1.82, 2.24) is 0 Å². The quantitative estimate of drug-likeness (QED) is 0.776. The second kappa shape index (κ2) is 7.63. The molecule has 0 aliphatic carbocycles. The van der Waals surface area contributed by atoms with Gasteiger partial charge in [-0.05, 0) is 24.6 Å². The van der Waals surface area contributed by atoms with Crippen molar-refractivity contribution >= 4 is 45.9 Å². The molecule has 0 heterocycles. The standard InChI is InChI=1S/C12H13Cl2NO5S/c1-2-20-9-3-6(7(13)4-8(9)14)11(12(15)18)21(19)5-10(16)17/h3-4,11H,2,5H2,1H3,(H2,15,18)(H,16,17). The molecule has 0 spiro atoms. The van der Waals surface area contributed by atoms with Crippen LogP contribution in [0.2, 0.25) is 10.0 Å². The van der Waals surface area contributed by atoms with Gasteiger partial charge in [-0.3, -0.25) is 13.8 Å². The largest absolute Gasteiger partial charge is 0.492 e. The molecule has 2 atom stereocenters. The Kier molecular flexibility index (Phi) is 6.44. The number of amides is 1. The average Bonchev–Trinajstić information content (AvgIpc) is 2.33. The summed E-state index contributed by atoms with van der Waals surface area (Å²) < 4.78 is 17.3. The maximum absolute atomic E-state index is 12.0. The molecule has 3 N–H and O–H groups in total. The van der Waals surface area contributed by atoms with E-state index >= 15 is 0 Å². The SMILES string of the molecule is CCOc1cc(C(C(N)=O)S(=O)CC(=O)O)c(Cl)cc1Cl. The number of hydrogen-bond donors (Lipinski definition) is 2. The minimum absolute atomic E-state index is 0.0611. The molecule has 21 heavy (non-hydrogen) atoms. The fourth-order valence-corrected chi connectivity index (χ4v) is 3.40. The van der Waals surface area contributed by atoms with Gasteiger partial charge in [-0.2, -0.15) is 0 Å². The number of rotatable bonds is 7. The van der Waals surface area contributed by atoms with Gasteiger partial charge in [0.25, 0.3) is 0 Å². The number of nitrogens with two attached hydrogens (primary N) is 1. The first-order valence-electron chi connectivity index (χ1n) is 5.78. The van der Waals surface area contributed by atoms with Crippen LogP contribution in [0.25, 0.3) is 0 Å². The van der Waals surface area contributed by atoms with E-state index in [9.17, 15) is 13.8 Å². The lowest BCUT2D eigenvalue weighted by Gasteiger charge is -2.16. The fourth-order valence-electron chi connectivity index (χ4n) is 1.64. The summed E-state index contributed by atoms with van der Waals surface area (Å²) in [6.07, 6.45) is 0. The van der Waals surface area contributed by atoms with Crippen LogP contribution in [0, 0.1) is 0 Å². The Bertz CT molecular complexity index is 593. The van der Waals surface area contributed by atoms with E-state index in [4.69, 9.17) is 38.8 Å². The Labute approximate surface area is 133 Å². The molecule has 0 saturated carbocycles. The Balaban J connectivity index is 3.31. The Morgan fingerprint density at radius 2 is 2.00 bits per heavy atom. The highest BCUT2D eigenvalue weighted by atomic mass is 35.5. The highest BCUT2D eigenvalue weighted by Gasteiger charge is 2.29. The zero-order valence-corrected chi connectivity index (χ0v) is 13.3. The predicted molar refractivity (Wildman–Crippen MR) is 80.2 cm³/mol. The number of halogens is 2. The van der Waals surface area contributed by atoms with E-state index in [1.165, 1.54) is 12.1 Å². The Hall–Kier alpha value is -1.31. The van der Waals surface area contributed by atoms with Gasteiger partial charge in [0.15, 0.2) is 0 Å². The fraction of sp³-hybridized carbons (Fsp3) is 0.333. The molecular weight excluding hydrogens is 341 g/mol. The molecule has 0 saturated heterocycles. The van der Waals surface area contributed by atoms with Crippen LogP contribution >= 0.6 is 23.2 Å². The number of hydrogen-bond acceptors (Lipinski definition) is 4. The zero-order chi connectivity index (χ0) is 16.2. The summed E-state index contributed by atoms with van der Waals surface area (Å²) in [4.78, 5) is 22.2. The molecule has 6 nitrogen and oxygen atoms in total. The van der Waals surface area contributed by atoms with Crippen LogP contribution < -0.4 is 10.5 Å². The van der Waals surface area contributed by atoms with Gasteiger partial charge < -0.3 is 15.6 Å². The Morgan fingerprint density at radius 3 is 2.48 bits per heavy atom. The van der Waals surface area contributed by atoms with Crippen LogP contribution in [0.1, 0.15) is 17.7 Å². The number of carbonyl (C=O) groups excluding carboxylic acids is 1. The predicted octanol–water partition coefficient (Wildman–Crippen LogP) is 1.75. The molecule has 116 valence electrons. The number of primary amides is 1. The molecular formula is C12H13Cl2NO5S. The van der Waals surface area contributed by atoms with E-state index in [0.29, 0.717) is 6.61 Å². The van der Waals surface area contributed by atoms with Crippen molar-refractivity contribution in [2.24, 2.45) is 5.73 Å². The second-order valence-electron chi connectivity index (χ2n) is 3.94. The maximum atomic E-state index is 12.0. The number of aliphatic carboxylic acids is 1. The molecule has 2 unspecified atom stereocenters. The van der Waals surface area contributed by atoms with E-state index in [1.807, 2.05) is 0 Å². The summed E-state index contributed by atoms with van der Waals surface area (Å²) in [6.45, 7) is 2.05. The van der Waals surface area contributed by atoms with Crippen LogP contribution in [0.5, 0.6) is 5.75 Å². The lowest BCUT2D eigenvalue weighted by molar-refractivity contribution is -0.133. The number of benzene rings is 1. The third kappa shape index (κ3) is 4.59. The number of carbonyl (C=O) groups is 2. The highest BCUT2D eigenvalue weighted by molar-refractivity contribution is 7.86. The number of carboxylic acid groups (broad SMARTS) is 1. The van der Waals surface area contributed by atoms with E-state index in [-0.39, 0.29) is 21.4 Å². The minimum Gasteiger partial charge on any atom is -0.492 e. The van der Waals surface area contributed by atoms with Crippen molar-refractivity contribution in [3.63, 3.8) is 0 Å². The highest BCUT2D eigenvalue weighted by Crippen LogP contribution is 2.36. The second-order valence-corrected chi connectivity index (χ2v) is 6.27. The zero-order valence-electron chi connectivity index (χ0n) is 11.0. The summed E-state index contributed by atoms with van der Waals surface area (Å²) in [5, 5.41) is 7.61. The summed E-state index contributed by atoms with van der Waals surface area (Å²) in [7, 11) is -2.06. The first kappa shape index (κ1) is 17.7. The molecule has 0 fully saturated rings. The van der Waals surface area contributed by atoms with Gasteiger partial charge in [0.05, 0.1) is 11.6 Å². The summed E-state index contributed by atoms with van der Waals surface area (Å²) in [5.41, 5.74) is 5.34. The van der Waals surface area contributed by atoms with Crippen molar-refractivity contribution in [3.8, 4) is 5.75 Å². The van der Waals surface area contributed by atoms with Crippen molar-refractivity contribution in [2.75, 3.05) is 12.4 Å². The van der Waals surface area contributed by atoms with E-state index < -0.39 is 33.7 Å². The van der Waals surface area contributed by atoms with Gasteiger partial charge in [0.1, 0.15) is 16.8 Å². The van der Waals surface area contributed by atoms with Gasteiger partial charge in [0.2, 0.25) is 5.91 Å². The van der Waals surface area contributed by atoms with Gasteiger partial charge in [-0.1, -0.05) is 23.2 Å². The lowest BCUT2D eigenvalue weighted by atomic mass is 10.1. The average molecular weight is 354 g/mol. The van der Waals surface area contributed by atoms with Crippen LogP contribution in [0.4, 0.5) is 0 Å². The topological polar surface area (TPSA) is 107 Å². The molecule has 1 aromatic carbocycles.